The molecule has 0 saturated heterocycles. The predicted molar refractivity (Wildman–Crippen MR) is 63.8 cm³/mol. The van der Waals surface area contributed by atoms with Crippen LogP contribution in [0.25, 0.3) is 11.3 Å². The maximum atomic E-state index is 8.98. The van der Waals surface area contributed by atoms with Crippen LogP contribution in [0, 0.1) is 29.6 Å². The summed E-state index contributed by atoms with van der Waals surface area (Å²) in [6.45, 7) is 1.81. The minimum Gasteiger partial charge on any atom is -0.236 e. The first-order valence-corrected chi connectivity index (χ1v) is 5.13. The van der Waals surface area contributed by atoms with Gasteiger partial charge in [0.15, 0.2) is 5.69 Å². The Labute approximate surface area is 99.6 Å². The number of hydrogen-bond acceptors (Lipinski definition) is 3. The zero-order valence-electron chi connectivity index (χ0n) is 9.31. The lowest BCUT2D eigenvalue weighted by atomic mass is 10.0. The van der Waals surface area contributed by atoms with Gasteiger partial charge in [0.05, 0.1) is 11.3 Å². The van der Waals surface area contributed by atoms with Gasteiger partial charge in [0.2, 0.25) is 0 Å². The average Bonchev–Trinajstić information content (AvgIpc) is 2.38. The van der Waals surface area contributed by atoms with E-state index in [1.165, 1.54) is 0 Å². The van der Waals surface area contributed by atoms with Crippen molar-refractivity contribution in [3.05, 3.63) is 53.2 Å². The number of aromatic nitrogens is 1. The standard InChI is InChI=1S/C14H9N3/c1-10-7-13(11-5-3-2-4-6-11)17-14(9-16)12(10)8-15/h2-7H,1H3. The van der Waals surface area contributed by atoms with Crippen LogP contribution in [-0.4, -0.2) is 4.98 Å². The van der Waals surface area contributed by atoms with Crippen molar-refractivity contribution in [2.24, 2.45) is 0 Å². The molecule has 0 unspecified atom stereocenters. The summed E-state index contributed by atoms with van der Waals surface area (Å²) in [6.07, 6.45) is 0. The molecule has 0 saturated carbocycles. The van der Waals surface area contributed by atoms with E-state index in [9.17, 15) is 0 Å². The molecule has 1 aromatic heterocycles. The molecule has 0 N–H and O–H groups in total. The maximum absolute atomic E-state index is 8.98. The van der Waals surface area contributed by atoms with Crippen molar-refractivity contribution in [1.29, 1.82) is 10.5 Å². The molecule has 1 heterocycles. The van der Waals surface area contributed by atoms with Gasteiger partial charge in [-0.2, -0.15) is 10.5 Å². The van der Waals surface area contributed by atoms with E-state index < -0.39 is 0 Å². The first kappa shape index (κ1) is 10.9. The molecule has 0 amide bonds. The summed E-state index contributed by atoms with van der Waals surface area (Å²) in [5.74, 6) is 0. The minimum atomic E-state index is 0.186. The number of benzene rings is 1. The van der Waals surface area contributed by atoms with Gasteiger partial charge in [0.25, 0.3) is 0 Å². The molecule has 3 nitrogen and oxygen atoms in total. The van der Waals surface area contributed by atoms with Crippen molar-refractivity contribution >= 4 is 0 Å². The summed E-state index contributed by atoms with van der Waals surface area (Å²) in [7, 11) is 0. The Morgan fingerprint density at radius 1 is 1.06 bits per heavy atom. The first-order valence-electron chi connectivity index (χ1n) is 5.13. The largest absolute Gasteiger partial charge is 0.236 e. The van der Waals surface area contributed by atoms with Crippen LogP contribution in [0.1, 0.15) is 16.8 Å². The average molecular weight is 219 g/mol. The summed E-state index contributed by atoms with van der Waals surface area (Å²) in [5.41, 5.74) is 2.98. The van der Waals surface area contributed by atoms with Crippen molar-refractivity contribution in [3.63, 3.8) is 0 Å². The third-order valence-corrected chi connectivity index (χ3v) is 2.50. The number of rotatable bonds is 1. The van der Waals surface area contributed by atoms with Crippen molar-refractivity contribution in [1.82, 2.24) is 4.98 Å². The topological polar surface area (TPSA) is 60.5 Å². The van der Waals surface area contributed by atoms with E-state index in [-0.39, 0.29) is 5.69 Å². The molecule has 17 heavy (non-hydrogen) atoms. The second-order valence-electron chi connectivity index (χ2n) is 3.64. The normalized spacial score (nSPS) is 9.35. The van der Waals surface area contributed by atoms with Crippen molar-refractivity contribution in [3.8, 4) is 23.4 Å². The van der Waals surface area contributed by atoms with Crippen LogP contribution >= 0.6 is 0 Å². The Balaban J connectivity index is 2.65. The third-order valence-electron chi connectivity index (χ3n) is 2.50. The van der Waals surface area contributed by atoms with Crippen LogP contribution in [-0.2, 0) is 0 Å². The van der Waals surface area contributed by atoms with E-state index in [2.05, 4.69) is 4.98 Å². The summed E-state index contributed by atoms with van der Waals surface area (Å²) in [4.78, 5) is 4.21. The highest BCUT2D eigenvalue weighted by Gasteiger charge is 2.10. The maximum Gasteiger partial charge on any atom is 0.159 e. The highest BCUT2D eigenvalue weighted by atomic mass is 14.7. The fourth-order valence-electron chi connectivity index (χ4n) is 1.65. The van der Waals surface area contributed by atoms with E-state index in [4.69, 9.17) is 10.5 Å². The smallest absolute Gasteiger partial charge is 0.159 e. The second-order valence-corrected chi connectivity index (χ2v) is 3.64. The van der Waals surface area contributed by atoms with Crippen molar-refractivity contribution in [2.75, 3.05) is 0 Å². The minimum absolute atomic E-state index is 0.186. The molecule has 80 valence electrons. The summed E-state index contributed by atoms with van der Waals surface area (Å²) in [6, 6.07) is 15.4. The molecule has 0 fully saturated rings. The third kappa shape index (κ3) is 2.00. The lowest BCUT2D eigenvalue weighted by Gasteiger charge is -2.05. The molecule has 2 rings (SSSR count). The van der Waals surface area contributed by atoms with Gasteiger partial charge in [-0.1, -0.05) is 30.3 Å². The summed E-state index contributed by atoms with van der Waals surface area (Å²) in [5, 5.41) is 17.9. The highest BCUT2D eigenvalue weighted by molar-refractivity contribution is 5.63. The number of nitriles is 2. The Hall–Kier alpha value is -2.65. The van der Waals surface area contributed by atoms with Crippen molar-refractivity contribution in [2.45, 2.75) is 6.92 Å². The Bertz CT molecular complexity index is 631. The monoisotopic (exact) mass is 219 g/mol. The summed E-state index contributed by atoms with van der Waals surface area (Å²) >= 11 is 0. The first-order chi connectivity index (χ1) is 8.26. The van der Waals surface area contributed by atoms with Crippen LogP contribution < -0.4 is 0 Å². The molecule has 1 aromatic carbocycles. The second kappa shape index (κ2) is 4.47. The molecular weight excluding hydrogens is 210 g/mol. The molecule has 3 heteroatoms. The van der Waals surface area contributed by atoms with E-state index in [1.54, 1.807) is 0 Å². The van der Waals surface area contributed by atoms with Crippen LogP contribution in [0.4, 0.5) is 0 Å². The molecule has 0 radical (unpaired) electrons. The fourth-order valence-corrected chi connectivity index (χ4v) is 1.65. The lowest BCUT2D eigenvalue weighted by molar-refractivity contribution is 1.21. The molecule has 0 bridgehead atoms. The molecule has 0 aliphatic carbocycles. The van der Waals surface area contributed by atoms with Gasteiger partial charge in [0, 0.05) is 5.56 Å². The number of hydrogen-bond donors (Lipinski definition) is 0. The molecule has 0 aliphatic rings. The van der Waals surface area contributed by atoms with Crippen LogP contribution in [0.2, 0.25) is 0 Å². The lowest BCUT2D eigenvalue weighted by Crippen LogP contribution is -1.96. The van der Waals surface area contributed by atoms with E-state index in [0.717, 1.165) is 16.8 Å². The van der Waals surface area contributed by atoms with Crippen LogP contribution in [0.15, 0.2) is 36.4 Å². The van der Waals surface area contributed by atoms with Gasteiger partial charge >= 0.3 is 0 Å². The molecule has 0 atom stereocenters. The van der Waals surface area contributed by atoms with E-state index in [0.29, 0.717) is 5.56 Å². The fraction of sp³-hybridized carbons (Fsp3) is 0.0714. The van der Waals surface area contributed by atoms with Gasteiger partial charge in [-0.05, 0) is 18.6 Å². The van der Waals surface area contributed by atoms with Gasteiger partial charge < -0.3 is 0 Å². The SMILES string of the molecule is Cc1cc(-c2ccccc2)nc(C#N)c1C#N. The zero-order valence-corrected chi connectivity index (χ0v) is 9.31. The molecule has 0 aliphatic heterocycles. The number of aryl methyl sites for hydroxylation is 1. The van der Waals surface area contributed by atoms with E-state index >= 15 is 0 Å². The highest BCUT2D eigenvalue weighted by Crippen LogP contribution is 2.21. The van der Waals surface area contributed by atoms with Crippen LogP contribution in [0.3, 0.4) is 0 Å². The number of nitrogens with zero attached hydrogens (tertiary/aromatic N) is 3. The molecule has 2 aromatic rings. The van der Waals surface area contributed by atoms with Crippen molar-refractivity contribution < 1.29 is 0 Å². The molecular formula is C14H9N3. The van der Waals surface area contributed by atoms with Crippen LogP contribution in [0.5, 0.6) is 0 Å². The Morgan fingerprint density at radius 3 is 2.35 bits per heavy atom. The van der Waals surface area contributed by atoms with E-state index in [1.807, 2.05) is 55.5 Å². The quantitative estimate of drug-likeness (QED) is 0.740. The summed E-state index contributed by atoms with van der Waals surface area (Å²) < 4.78 is 0. The van der Waals surface area contributed by atoms with Gasteiger partial charge in [-0.3, -0.25) is 0 Å². The molecule has 0 spiro atoms. The zero-order chi connectivity index (χ0) is 12.3. The number of pyridine rings is 1. The van der Waals surface area contributed by atoms with Gasteiger partial charge in [-0.25, -0.2) is 4.98 Å². The Kier molecular flexibility index (Phi) is 2.85. The predicted octanol–water partition coefficient (Wildman–Crippen LogP) is 2.80. The van der Waals surface area contributed by atoms with Gasteiger partial charge in [-0.15, -0.1) is 0 Å². The Morgan fingerprint density at radius 2 is 1.76 bits per heavy atom. The van der Waals surface area contributed by atoms with Gasteiger partial charge in [0.1, 0.15) is 12.1 Å².